The Morgan fingerprint density at radius 3 is 2.85 bits per heavy atom. The maximum Gasteiger partial charge on any atom is 0.226 e. The first-order valence-corrected chi connectivity index (χ1v) is 9.22. The highest BCUT2D eigenvalue weighted by Gasteiger charge is 2.16. The van der Waals surface area contributed by atoms with Gasteiger partial charge in [-0.25, -0.2) is 4.98 Å². The average Bonchev–Trinajstić information content (AvgIpc) is 3.34. The first kappa shape index (κ1) is 18.8. The Kier molecular flexibility index (Phi) is 6.67. The van der Waals surface area contributed by atoms with Gasteiger partial charge in [-0.3, -0.25) is 9.48 Å². The van der Waals surface area contributed by atoms with Gasteiger partial charge >= 0.3 is 0 Å². The number of aromatic nitrogens is 5. The van der Waals surface area contributed by atoms with Crippen LogP contribution >= 0.6 is 0 Å². The van der Waals surface area contributed by atoms with Crippen molar-refractivity contribution >= 4 is 5.91 Å². The molecule has 142 valence electrons. The van der Waals surface area contributed by atoms with Gasteiger partial charge in [0.25, 0.3) is 0 Å². The molecule has 0 saturated carbocycles. The largest absolute Gasteiger partial charge is 0.347 e. The number of benzene rings is 1. The van der Waals surface area contributed by atoms with Crippen LogP contribution in [0.2, 0.25) is 0 Å². The van der Waals surface area contributed by atoms with Gasteiger partial charge in [-0.05, 0) is 18.4 Å². The minimum atomic E-state index is -0.167. The van der Waals surface area contributed by atoms with Crippen LogP contribution in [0.4, 0.5) is 0 Å². The third-order valence-electron chi connectivity index (χ3n) is 4.15. The lowest BCUT2D eigenvalue weighted by Crippen LogP contribution is -2.31. The van der Waals surface area contributed by atoms with Crippen molar-refractivity contribution in [2.24, 2.45) is 0 Å². The number of carbonyl (C=O) groups excluding carboxylic acids is 1. The predicted octanol–water partition coefficient (Wildman–Crippen LogP) is 2.49. The molecule has 0 aliphatic heterocycles. The van der Waals surface area contributed by atoms with Crippen LogP contribution in [0.5, 0.6) is 0 Å². The summed E-state index contributed by atoms with van der Waals surface area (Å²) >= 11 is 0. The normalized spacial score (nSPS) is 12.0. The first-order valence-electron chi connectivity index (χ1n) is 9.22. The molecule has 1 amide bonds. The van der Waals surface area contributed by atoms with Crippen LogP contribution in [-0.2, 0) is 24.2 Å². The number of hydrogen-bond acceptors (Lipinski definition) is 6. The highest BCUT2D eigenvalue weighted by Crippen LogP contribution is 2.15. The average molecular weight is 368 g/mol. The van der Waals surface area contributed by atoms with Crippen LogP contribution in [-0.4, -0.2) is 30.8 Å². The van der Waals surface area contributed by atoms with E-state index in [1.165, 1.54) is 6.33 Å². The van der Waals surface area contributed by atoms with Crippen LogP contribution < -0.4 is 5.32 Å². The van der Waals surface area contributed by atoms with Crippen molar-refractivity contribution in [3.63, 3.8) is 0 Å². The molecule has 2 heterocycles. The second-order valence-electron chi connectivity index (χ2n) is 6.36. The SMILES string of the molecule is CCCc1noc(CCCC(=O)NC(Cn2cncn2)c2ccccc2)n1. The second-order valence-corrected chi connectivity index (χ2v) is 6.36. The van der Waals surface area contributed by atoms with Crippen molar-refractivity contribution in [3.8, 4) is 0 Å². The monoisotopic (exact) mass is 368 g/mol. The lowest BCUT2D eigenvalue weighted by Gasteiger charge is -2.19. The molecule has 1 atom stereocenters. The van der Waals surface area contributed by atoms with E-state index in [0.717, 1.165) is 24.2 Å². The van der Waals surface area contributed by atoms with E-state index in [-0.39, 0.29) is 11.9 Å². The van der Waals surface area contributed by atoms with Crippen molar-refractivity contribution < 1.29 is 9.32 Å². The molecule has 1 aromatic carbocycles. The Morgan fingerprint density at radius 2 is 2.11 bits per heavy atom. The van der Waals surface area contributed by atoms with Crippen LogP contribution in [0.1, 0.15) is 49.5 Å². The van der Waals surface area contributed by atoms with E-state index in [4.69, 9.17) is 4.52 Å². The van der Waals surface area contributed by atoms with E-state index in [0.29, 0.717) is 31.7 Å². The van der Waals surface area contributed by atoms with Crippen molar-refractivity contribution in [2.75, 3.05) is 0 Å². The quantitative estimate of drug-likeness (QED) is 0.590. The zero-order valence-corrected chi connectivity index (χ0v) is 15.4. The van der Waals surface area contributed by atoms with E-state index in [1.54, 1.807) is 11.0 Å². The smallest absolute Gasteiger partial charge is 0.226 e. The van der Waals surface area contributed by atoms with Crippen molar-refractivity contribution in [1.29, 1.82) is 0 Å². The fraction of sp³-hybridized carbons (Fsp3) is 0.421. The fourth-order valence-electron chi connectivity index (χ4n) is 2.82. The summed E-state index contributed by atoms with van der Waals surface area (Å²) in [6.07, 6.45) is 6.57. The summed E-state index contributed by atoms with van der Waals surface area (Å²) in [5.41, 5.74) is 1.03. The lowest BCUT2D eigenvalue weighted by molar-refractivity contribution is -0.122. The molecule has 27 heavy (non-hydrogen) atoms. The molecule has 0 fully saturated rings. The molecule has 0 aliphatic rings. The third kappa shape index (κ3) is 5.73. The Morgan fingerprint density at radius 1 is 1.26 bits per heavy atom. The van der Waals surface area contributed by atoms with E-state index in [2.05, 4.69) is 32.5 Å². The maximum atomic E-state index is 12.4. The van der Waals surface area contributed by atoms with Gasteiger partial charge in [-0.2, -0.15) is 10.1 Å². The van der Waals surface area contributed by atoms with E-state index in [9.17, 15) is 4.79 Å². The predicted molar refractivity (Wildman–Crippen MR) is 98.6 cm³/mol. The molecule has 0 spiro atoms. The highest BCUT2D eigenvalue weighted by atomic mass is 16.5. The maximum absolute atomic E-state index is 12.4. The minimum Gasteiger partial charge on any atom is -0.347 e. The van der Waals surface area contributed by atoms with E-state index in [1.807, 2.05) is 30.3 Å². The number of nitrogens with zero attached hydrogens (tertiary/aromatic N) is 5. The molecule has 2 aromatic heterocycles. The number of nitrogens with one attached hydrogen (secondary N) is 1. The standard InChI is InChI=1S/C19H24N6O2/c1-2-7-17-23-19(27-24-17)11-6-10-18(26)22-16(12-25-14-20-13-21-25)15-8-4-3-5-9-15/h3-5,8-9,13-14,16H,2,6-7,10-12H2,1H3,(H,22,26). The summed E-state index contributed by atoms with van der Waals surface area (Å²) in [6, 6.07) is 9.69. The molecular weight excluding hydrogens is 344 g/mol. The Bertz CT molecular complexity index is 816. The van der Waals surface area contributed by atoms with Gasteiger partial charge in [0.2, 0.25) is 11.8 Å². The second kappa shape index (κ2) is 9.61. The Balaban J connectivity index is 1.52. The molecule has 1 unspecified atom stereocenters. The molecule has 0 bridgehead atoms. The molecule has 3 aromatic rings. The van der Waals surface area contributed by atoms with Crippen LogP contribution in [0.15, 0.2) is 47.5 Å². The molecule has 8 nitrogen and oxygen atoms in total. The molecule has 3 rings (SSSR count). The topological polar surface area (TPSA) is 98.7 Å². The molecule has 0 saturated heterocycles. The summed E-state index contributed by atoms with van der Waals surface area (Å²) in [4.78, 5) is 20.7. The molecule has 0 aliphatic carbocycles. The highest BCUT2D eigenvalue weighted by molar-refractivity contribution is 5.76. The minimum absolute atomic E-state index is 0.0164. The summed E-state index contributed by atoms with van der Waals surface area (Å²) in [5, 5.41) is 11.2. The number of carbonyl (C=O) groups is 1. The van der Waals surface area contributed by atoms with Crippen molar-refractivity contribution in [2.45, 2.75) is 51.6 Å². The number of aryl methyl sites for hydroxylation is 2. The van der Waals surface area contributed by atoms with Crippen LogP contribution in [0, 0.1) is 0 Å². The third-order valence-corrected chi connectivity index (χ3v) is 4.15. The van der Waals surface area contributed by atoms with Gasteiger partial charge in [0.05, 0.1) is 12.6 Å². The Labute approximate surface area is 158 Å². The van der Waals surface area contributed by atoms with Gasteiger partial charge < -0.3 is 9.84 Å². The van der Waals surface area contributed by atoms with E-state index >= 15 is 0 Å². The fourth-order valence-corrected chi connectivity index (χ4v) is 2.82. The van der Waals surface area contributed by atoms with Crippen LogP contribution in [0.25, 0.3) is 0 Å². The van der Waals surface area contributed by atoms with Crippen molar-refractivity contribution in [1.82, 2.24) is 30.2 Å². The zero-order chi connectivity index (χ0) is 18.9. The van der Waals surface area contributed by atoms with Crippen LogP contribution in [0.3, 0.4) is 0 Å². The van der Waals surface area contributed by atoms with Gasteiger partial charge in [0, 0.05) is 19.3 Å². The van der Waals surface area contributed by atoms with Gasteiger partial charge in [0.15, 0.2) is 5.82 Å². The molecule has 1 N–H and O–H groups in total. The van der Waals surface area contributed by atoms with Gasteiger partial charge in [0.1, 0.15) is 12.7 Å². The number of rotatable bonds is 10. The molecule has 8 heteroatoms. The number of hydrogen-bond donors (Lipinski definition) is 1. The molecule has 0 radical (unpaired) electrons. The number of amides is 1. The molecular formula is C19H24N6O2. The van der Waals surface area contributed by atoms with Gasteiger partial charge in [-0.1, -0.05) is 42.4 Å². The van der Waals surface area contributed by atoms with Crippen molar-refractivity contribution in [3.05, 3.63) is 60.3 Å². The Hall–Kier alpha value is -3.03. The summed E-state index contributed by atoms with van der Waals surface area (Å²) in [7, 11) is 0. The zero-order valence-electron chi connectivity index (χ0n) is 15.4. The summed E-state index contributed by atoms with van der Waals surface area (Å²) < 4.78 is 6.92. The van der Waals surface area contributed by atoms with E-state index < -0.39 is 0 Å². The summed E-state index contributed by atoms with van der Waals surface area (Å²) in [6.45, 7) is 2.60. The van der Waals surface area contributed by atoms with Gasteiger partial charge in [-0.15, -0.1) is 0 Å². The lowest BCUT2D eigenvalue weighted by atomic mass is 10.1. The summed E-state index contributed by atoms with van der Waals surface area (Å²) in [5.74, 6) is 1.31. The first-order chi connectivity index (χ1) is 13.2.